The van der Waals surface area contributed by atoms with Crippen LogP contribution in [0.25, 0.3) is 22.3 Å². The van der Waals surface area contributed by atoms with Crippen LogP contribution in [0.15, 0.2) is 30.6 Å². The fourth-order valence-corrected chi connectivity index (χ4v) is 5.41. The Morgan fingerprint density at radius 3 is 2.41 bits per heavy atom. The average molecular weight is 507 g/mol. The van der Waals surface area contributed by atoms with Crippen molar-refractivity contribution in [2.24, 2.45) is 5.92 Å². The summed E-state index contributed by atoms with van der Waals surface area (Å²) in [4.78, 5) is 25.9. The molecule has 0 radical (unpaired) electrons. The van der Waals surface area contributed by atoms with E-state index in [9.17, 15) is 4.79 Å². The number of hydrogen-bond donors (Lipinski definition) is 2. The average Bonchev–Trinajstić information content (AvgIpc) is 3.29. The summed E-state index contributed by atoms with van der Waals surface area (Å²) in [6.07, 6.45) is 5.53. The molecule has 3 N–H and O–H groups in total. The van der Waals surface area contributed by atoms with Crippen LogP contribution >= 0.6 is 0 Å². The van der Waals surface area contributed by atoms with Gasteiger partial charge in [0.25, 0.3) is 0 Å². The molecule has 10 nitrogen and oxygen atoms in total. The Labute approximate surface area is 218 Å². The lowest BCUT2D eigenvalue weighted by atomic mass is 9.90. The van der Waals surface area contributed by atoms with Crippen molar-refractivity contribution in [3.8, 4) is 11.3 Å². The third-order valence-electron chi connectivity index (χ3n) is 7.54. The lowest BCUT2D eigenvalue weighted by Crippen LogP contribution is -2.49. The zero-order chi connectivity index (χ0) is 25.9. The first-order valence-electron chi connectivity index (χ1n) is 13.3. The number of aromatic nitrogens is 4. The minimum Gasteiger partial charge on any atom is -0.449 e. The maximum atomic E-state index is 12.0. The number of amides is 1. The maximum absolute atomic E-state index is 12.0. The van der Waals surface area contributed by atoms with Crippen LogP contribution in [0.2, 0.25) is 0 Å². The van der Waals surface area contributed by atoms with Gasteiger partial charge in [0.1, 0.15) is 17.8 Å². The first kappa shape index (κ1) is 25.4. The number of nitrogens with one attached hydrogen (secondary N) is 1. The molecule has 2 aromatic heterocycles. The van der Waals surface area contributed by atoms with Gasteiger partial charge in [0.2, 0.25) is 0 Å². The number of piperazine rings is 1. The smallest absolute Gasteiger partial charge is 0.411 e. The number of hydrogen-bond acceptors (Lipinski definition) is 8. The van der Waals surface area contributed by atoms with Crippen molar-refractivity contribution in [2.45, 2.75) is 51.6 Å². The van der Waals surface area contributed by atoms with Crippen molar-refractivity contribution in [1.29, 1.82) is 0 Å². The quantitative estimate of drug-likeness (QED) is 0.515. The van der Waals surface area contributed by atoms with E-state index in [0.717, 1.165) is 61.3 Å². The van der Waals surface area contributed by atoms with Crippen molar-refractivity contribution < 1.29 is 9.53 Å². The molecule has 1 aromatic carbocycles. The topological polar surface area (TPSA) is 114 Å². The number of nitrogens with zero attached hydrogens (tertiary/aromatic N) is 6. The van der Waals surface area contributed by atoms with Gasteiger partial charge in [-0.05, 0) is 50.8 Å². The molecule has 2 aliphatic rings. The summed E-state index contributed by atoms with van der Waals surface area (Å²) in [7, 11) is 2.20. The van der Waals surface area contributed by atoms with E-state index in [-0.39, 0.29) is 12.0 Å². The van der Waals surface area contributed by atoms with Gasteiger partial charge in [-0.2, -0.15) is 5.10 Å². The zero-order valence-electron chi connectivity index (χ0n) is 22.1. The summed E-state index contributed by atoms with van der Waals surface area (Å²) in [5, 5.41) is 8.58. The van der Waals surface area contributed by atoms with Crippen molar-refractivity contribution >= 4 is 28.6 Å². The number of fused-ring (bicyclic) bond motifs is 1. The predicted molar refractivity (Wildman–Crippen MR) is 145 cm³/mol. The van der Waals surface area contributed by atoms with E-state index in [4.69, 9.17) is 15.6 Å². The van der Waals surface area contributed by atoms with Gasteiger partial charge >= 0.3 is 6.09 Å². The molecule has 0 bridgehead atoms. The summed E-state index contributed by atoms with van der Waals surface area (Å²) in [6, 6.07) is 8.49. The Balaban J connectivity index is 1.33. The number of carbonyl (C=O) groups is 1. The zero-order valence-corrected chi connectivity index (χ0v) is 22.1. The van der Waals surface area contributed by atoms with E-state index >= 15 is 0 Å². The van der Waals surface area contributed by atoms with Crippen LogP contribution in [0.1, 0.15) is 45.6 Å². The summed E-state index contributed by atoms with van der Waals surface area (Å²) in [5.74, 6) is 0.711. The summed E-state index contributed by atoms with van der Waals surface area (Å²) < 4.78 is 7.28. The normalized spacial score (nSPS) is 21.4. The number of ether oxygens (including phenoxy) is 1. The molecule has 3 aromatic rings. The number of likely N-dealkylation sites (N-methyl/N-ethyl adjacent to an activating group) is 1. The molecule has 0 atom stereocenters. The van der Waals surface area contributed by atoms with Gasteiger partial charge in [0.05, 0.1) is 18.0 Å². The highest BCUT2D eigenvalue weighted by atomic mass is 16.5. The third-order valence-corrected chi connectivity index (χ3v) is 7.54. The van der Waals surface area contributed by atoms with Crippen LogP contribution < -0.4 is 11.1 Å². The Hall–Kier alpha value is -3.24. The second-order valence-corrected chi connectivity index (χ2v) is 10.7. The highest BCUT2D eigenvalue weighted by molar-refractivity contribution is 5.98. The molecule has 5 rings (SSSR count). The Bertz CT molecular complexity index is 1210. The second kappa shape index (κ2) is 11.0. The molecule has 1 saturated heterocycles. The highest BCUT2D eigenvalue weighted by Crippen LogP contribution is 2.37. The molecule has 1 saturated carbocycles. The molecule has 0 spiro atoms. The first-order valence-corrected chi connectivity index (χ1v) is 13.3. The van der Waals surface area contributed by atoms with E-state index in [2.05, 4.69) is 36.8 Å². The molecule has 1 aliphatic carbocycles. The molecule has 0 unspecified atom stereocenters. The standard InChI is InChI=1S/C27H38N8O2/c1-18(2)16-37-27(36)31-20-6-4-19(5-7-20)24-23-25(28)29-17-30-26(23)35(32-24)22-10-8-21(9-11-22)34-14-12-33(3)13-15-34/h4-7,17-18,21-22H,8-16H2,1-3H3,(H,31,36)(H2,28,29,30). The highest BCUT2D eigenvalue weighted by Gasteiger charge is 2.30. The van der Waals surface area contributed by atoms with Gasteiger partial charge in [-0.25, -0.2) is 19.4 Å². The Kier molecular flexibility index (Phi) is 7.57. The van der Waals surface area contributed by atoms with E-state index in [0.29, 0.717) is 24.2 Å². The first-order chi connectivity index (χ1) is 17.9. The number of nitrogen functional groups attached to an aromatic ring is 1. The Morgan fingerprint density at radius 2 is 1.73 bits per heavy atom. The van der Waals surface area contributed by atoms with Crippen LogP contribution in [0, 0.1) is 5.92 Å². The number of benzene rings is 1. The second-order valence-electron chi connectivity index (χ2n) is 10.7. The van der Waals surface area contributed by atoms with E-state index in [1.54, 1.807) is 0 Å². The molecular weight excluding hydrogens is 468 g/mol. The van der Waals surface area contributed by atoms with Gasteiger partial charge in [0.15, 0.2) is 5.65 Å². The van der Waals surface area contributed by atoms with Crippen LogP contribution in [0.5, 0.6) is 0 Å². The molecule has 37 heavy (non-hydrogen) atoms. The molecule has 2 fully saturated rings. The van der Waals surface area contributed by atoms with Crippen molar-refractivity contribution in [3.05, 3.63) is 30.6 Å². The Morgan fingerprint density at radius 1 is 1.05 bits per heavy atom. The fourth-order valence-electron chi connectivity index (χ4n) is 5.41. The van der Waals surface area contributed by atoms with Gasteiger partial charge in [-0.15, -0.1) is 0 Å². The van der Waals surface area contributed by atoms with Crippen LogP contribution in [-0.2, 0) is 4.74 Å². The lowest BCUT2D eigenvalue weighted by Gasteiger charge is -2.41. The lowest BCUT2D eigenvalue weighted by molar-refractivity contribution is 0.0815. The van der Waals surface area contributed by atoms with Gasteiger partial charge in [-0.3, -0.25) is 10.2 Å². The van der Waals surface area contributed by atoms with Crippen molar-refractivity contribution in [2.75, 3.05) is 50.9 Å². The fraction of sp³-hybridized carbons (Fsp3) is 0.556. The predicted octanol–water partition coefficient (Wildman–Crippen LogP) is 4.01. The van der Waals surface area contributed by atoms with Crippen LogP contribution in [0.4, 0.5) is 16.3 Å². The van der Waals surface area contributed by atoms with Gasteiger partial charge in [0, 0.05) is 43.5 Å². The summed E-state index contributed by atoms with van der Waals surface area (Å²) in [5.41, 5.74) is 9.44. The number of nitrogens with two attached hydrogens (primary N) is 1. The monoisotopic (exact) mass is 506 g/mol. The third kappa shape index (κ3) is 5.70. The molecule has 10 heteroatoms. The minimum absolute atomic E-state index is 0.283. The van der Waals surface area contributed by atoms with Gasteiger partial charge < -0.3 is 15.4 Å². The molecule has 3 heterocycles. The van der Waals surface area contributed by atoms with E-state index in [1.807, 2.05) is 38.1 Å². The van der Waals surface area contributed by atoms with Crippen LogP contribution in [0.3, 0.4) is 0 Å². The maximum Gasteiger partial charge on any atom is 0.411 e. The number of rotatable bonds is 6. The van der Waals surface area contributed by atoms with Gasteiger partial charge in [-0.1, -0.05) is 26.0 Å². The molecule has 1 amide bonds. The van der Waals surface area contributed by atoms with Crippen LogP contribution in [-0.4, -0.2) is 81.5 Å². The SMILES string of the molecule is CC(C)COC(=O)Nc1ccc(-c2nn(C3CCC(N4CCN(C)CC4)CC3)c3ncnc(N)c23)cc1. The number of anilines is 2. The molecule has 198 valence electrons. The van der Waals surface area contributed by atoms with E-state index < -0.39 is 6.09 Å². The summed E-state index contributed by atoms with van der Waals surface area (Å²) >= 11 is 0. The summed E-state index contributed by atoms with van der Waals surface area (Å²) in [6.45, 7) is 8.99. The molecule has 1 aliphatic heterocycles. The largest absolute Gasteiger partial charge is 0.449 e. The van der Waals surface area contributed by atoms with E-state index in [1.165, 1.54) is 19.2 Å². The number of carbonyl (C=O) groups excluding carboxylic acids is 1. The van der Waals surface area contributed by atoms with Crippen molar-refractivity contribution in [1.82, 2.24) is 29.5 Å². The molecular formula is C27H38N8O2. The minimum atomic E-state index is -0.457. The van der Waals surface area contributed by atoms with Crippen molar-refractivity contribution in [3.63, 3.8) is 0 Å².